The van der Waals surface area contributed by atoms with Crippen LogP contribution in [0.15, 0.2) is 48.5 Å². The van der Waals surface area contributed by atoms with Crippen molar-refractivity contribution in [3.8, 4) is 5.75 Å². The van der Waals surface area contributed by atoms with Crippen molar-refractivity contribution < 1.29 is 14.8 Å². The highest BCUT2D eigenvalue weighted by Gasteiger charge is 2.24. The van der Waals surface area contributed by atoms with E-state index in [1.165, 1.54) is 5.56 Å². The number of rotatable bonds is 5. The summed E-state index contributed by atoms with van der Waals surface area (Å²) in [6, 6.07) is 15.0. The molecule has 0 bridgehead atoms. The maximum atomic E-state index is 9.77. The van der Waals surface area contributed by atoms with E-state index in [0.717, 1.165) is 35.8 Å². The largest absolute Gasteiger partial charge is 0.508 e. The van der Waals surface area contributed by atoms with Crippen LogP contribution in [0.3, 0.4) is 0 Å². The van der Waals surface area contributed by atoms with E-state index in [1.54, 1.807) is 18.2 Å². The molecule has 1 saturated heterocycles. The fraction of sp³-hybridized carbons (Fsp3) is 0.227. The molecule has 0 unspecified atom stereocenters. The Labute approximate surface area is 179 Å². The van der Waals surface area contributed by atoms with E-state index in [-0.39, 0.29) is 5.75 Å². The van der Waals surface area contributed by atoms with E-state index in [4.69, 9.17) is 4.74 Å². The van der Waals surface area contributed by atoms with Gasteiger partial charge < -0.3 is 25.0 Å². The lowest BCUT2D eigenvalue weighted by Gasteiger charge is -2.24. The van der Waals surface area contributed by atoms with E-state index in [0.29, 0.717) is 30.8 Å². The number of aromatic nitrogens is 4. The number of benzene rings is 2. The molecular formula is C22H24N7O2+. The fourth-order valence-corrected chi connectivity index (χ4v) is 3.64. The molecule has 3 heterocycles. The maximum absolute atomic E-state index is 9.77. The van der Waals surface area contributed by atoms with Crippen molar-refractivity contribution in [3.63, 3.8) is 0 Å². The summed E-state index contributed by atoms with van der Waals surface area (Å²) in [6.07, 6.45) is 0. The van der Waals surface area contributed by atoms with Gasteiger partial charge in [-0.1, -0.05) is 23.2 Å². The van der Waals surface area contributed by atoms with Crippen LogP contribution < -0.4 is 20.5 Å². The zero-order valence-electron chi connectivity index (χ0n) is 17.1. The normalized spacial score (nSPS) is 14.0. The van der Waals surface area contributed by atoms with E-state index in [1.807, 2.05) is 18.2 Å². The number of aryl methyl sites for hydroxylation is 1. The number of aromatic amines is 2. The van der Waals surface area contributed by atoms with Crippen LogP contribution in [0.4, 0.5) is 29.1 Å². The summed E-state index contributed by atoms with van der Waals surface area (Å²) < 4.78 is 5.51. The highest BCUT2D eigenvalue weighted by Crippen LogP contribution is 2.26. The van der Waals surface area contributed by atoms with Gasteiger partial charge in [0.1, 0.15) is 5.75 Å². The molecular weight excluding hydrogens is 394 g/mol. The van der Waals surface area contributed by atoms with Crippen LogP contribution in [0.2, 0.25) is 0 Å². The minimum absolute atomic E-state index is 0.184. The number of nitrogens with zero attached hydrogens (tertiary/aromatic N) is 3. The topological polar surface area (TPSA) is 112 Å². The SMILES string of the molecule is Cc1cccc(Nc2nc3nc(Nc4cccc(O)c4)[nH+]c(N4CCOCC4)c3[nH]2)c1. The number of hydrogen-bond acceptors (Lipinski definition) is 7. The van der Waals surface area contributed by atoms with Crippen molar-refractivity contribution >= 4 is 40.3 Å². The molecule has 0 saturated carbocycles. The molecule has 5 rings (SSSR count). The Morgan fingerprint density at radius 1 is 1.03 bits per heavy atom. The number of fused-ring (bicyclic) bond motifs is 1. The summed E-state index contributed by atoms with van der Waals surface area (Å²) in [5.41, 5.74) is 4.24. The molecule has 0 radical (unpaired) electrons. The Balaban J connectivity index is 1.53. The summed E-state index contributed by atoms with van der Waals surface area (Å²) in [5, 5.41) is 16.3. The monoisotopic (exact) mass is 418 g/mol. The lowest BCUT2D eigenvalue weighted by atomic mass is 10.2. The Hall–Kier alpha value is -3.85. The van der Waals surface area contributed by atoms with Crippen LogP contribution in [0.5, 0.6) is 5.75 Å². The Bertz CT molecular complexity index is 1220. The molecule has 9 heteroatoms. The standard InChI is InChI=1S/C22H23N7O2/c1-14-4-2-5-15(12-14)23-21-25-18-19(26-21)27-22(24-16-6-3-7-17(30)13-16)28-20(18)29-8-10-31-11-9-29/h2-7,12-13,30H,8-11H2,1H3,(H3,23,24,25,26,27,28)/p+1. The average molecular weight is 418 g/mol. The van der Waals surface area contributed by atoms with Crippen molar-refractivity contribution in [1.82, 2.24) is 15.0 Å². The van der Waals surface area contributed by atoms with Gasteiger partial charge in [-0.3, -0.25) is 5.32 Å². The number of ether oxygens (including phenoxy) is 1. The second-order valence-electron chi connectivity index (χ2n) is 7.49. The minimum Gasteiger partial charge on any atom is -0.508 e. The Morgan fingerprint density at radius 3 is 2.58 bits per heavy atom. The average Bonchev–Trinajstić information content (AvgIpc) is 3.16. The molecule has 0 atom stereocenters. The first-order chi connectivity index (χ1) is 15.1. The first-order valence-electron chi connectivity index (χ1n) is 10.2. The van der Waals surface area contributed by atoms with Crippen molar-refractivity contribution in [2.45, 2.75) is 6.92 Å². The molecule has 1 aliphatic heterocycles. The molecule has 2 aromatic carbocycles. The van der Waals surface area contributed by atoms with Gasteiger partial charge in [-0.2, -0.15) is 4.98 Å². The Morgan fingerprint density at radius 2 is 1.81 bits per heavy atom. The molecule has 1 fully saturated rings. The van der Waals surface area contributed by atoms with Crippen LogP contribution in [0.1, 0.15) is 5.56 Å². The summed E-state index contributed by atoms with van der Waals surface area (Å²) >= 11 is 0. The first kappa shape index (κ1) is 19.1. The minimum atomic E-state index is 0.184. The quantitative estimate of drug-likeness (QED) is 0.394. The van der Waals surface area contributed by atoms with Crippen molar-refractivity contribution in [1.29, 1.82) is 0 Å². The molecule has 158 valence electrons. The molecule has 0 amide bonds. The number of hydrogen-bond donors (Lipinski definition) is 4. The third kappa shape index (κ3) is 4.22. The number of anilines is 5. The molecule has 0 spiro atoms. The van der Waals surface area contributed by atoms with Crippen LogP contribution in [-0.2, 0) is 4.74 Å². The van der Waals surface area contributed by atoms with E-state index in [9.17, 15) is 5.11 Å². The number of nitrogens with one attached hydrogen (secondary N) is 4. The summed E-state index contributed by atoms with van der Waals surface area (Å²) in [7, 11) is 0. The van der Waals surface area contributed by atoms with Gasteiger partial charge in [-0.05, 0) is 36.8 Å². The van der Waals surface area contributed by atoms with E-state index in [2.05, 4.69) is 54.5 Å². The van der Waals surface area contributed by atoms with E-state index >= 15 is 0 Å². The number of phenolic OH excluding ortho intramolecular Hbond substituents is 1. The van der Waals surface area contributed by atoms with E-state index < -0.39 is 0 Å². The van der Waals surface area contributed by atoms with Gasteiger partial charge in [0.25, 0.3) is 0 Å². The zero-order chi connectivity index (χ0) is 21.2. The van der Waals surface area contributed by atoms with Gasteiger partial charge in [0, 0.05) is 11.8 Å². The van der Waals surface area contributed by atoms with Crippen LogP contribution in [-0.4, -0.2) is 46.4 Å². The van der Waals surface area contributed by atoms with Crippen LogP contribution in [0, 0.1) is 6.92 Å². The van der Waals surface area contributed by atoms with Gasteiger partial charge in [0.15, 0.2) is 5.52 Å². The molecule has 5 N–H and O–H groups in total. The van der Waals surface area contributed by atoms with Crippen LogP contribution in [0.25, 0.3) is 11.2 Å². The maximum Gasteiger partial charge on any atom is 0.351 e. The van der Waals surface area contributed by atoms with Gasteiger partial charge in [0.05, 0.1) is 32.0 Å². The molecule has 31 heavy (non-hydrogen) atoms. The predicted molar refractivity (Wildman–Crippen MR) is 119 cm³/mol. The predicted octanol–water partition coefficient (Wildman–Crippen LogP) is 3.11. The van der Waals surface area contributed by atoms with Crippen LogP contribution >= 0.6 is 0 Å². The molecule has 2 aromatic heterocycles. The van der Waals surface area contributed by atoms with Crippen molar-refractivity contribution in [2.75, 3.05) is 41.8 Å². The van der Waals surface area contributed by atoms with Gasteiger partial charge >= 0.3 is 5.95 Å². The smallest absolute Gasteiger partial charge is 0.351 e. The molecule has 9 nitrogen and oxygen atoms in total. The second-order valence-corrected chi connectivity index (χ2v) is 7.49. The number of aromatic hydroxyl groups is 1. The van der Waals surface area contributed by atoms with Crippen molar-refractivity contribution in [2.24, 2.45) is 0 Å². The highest BCUT2D eigenvalue weighted by molar-refractivity contribution is 5.85. The second kappa shape index (κ2) is 8.11. The van der Waals surface area contributed by atoms with Crippen molar-refractivity contribution in [3.05, 3.63) is 54.1 Å². The zero-order valence-corrected chi connectivity index (χ0v) is 17.1. The van der Waals surface area contributed by atoms with Gasteiger partial charge in [0.2, 0.25) is 17.4 Å². The summed E-state index contributed by atoms with van der Waals surface area (Å²) in [6.45, 7) is 4.91. The fourth-order valence-electron chi connectivity index (χ4n) is 3.64. The molecule has 0 aliphatic carbocycles. The first-order valence-corrected chi connectivity index (χ1v) is 10.2. The number of imidazole rings is 1. The third-order valence-electron chi connectivity index (χ3n) is 5.09. The third-order valence-corrected chi connectivity index (χ3v) is 5.09. The lowest BCUT2D eigenvalue weighted by molar-refractivity contribution is -0.349. The summed E-state index contributed by atoms with van der Waals surface area (Å²) in [4.78, 5) is 18.3. The van der Waals surface area contributed by atoms with Gasteiger partial charge in [-0.15, -0.1) is 0 Å². The number of H-pyrrole nitrogens is 2. The molecule has 1 aliphatic rings. The Kier molecular flexibility index (Phi) is 5.01. The number of morpholine rings is 1. The van der Waals surface area contributed by atoms with Gasteiger partial charge in [-0.25, -0.2) is 4.98 Å². The molecule has 4 aromatic rings. The highest BCUT2D eigenvalue weighted by atomic mass is 16.5. The number of phenols is 1. The summed E-state index contributed by atoms with van der Waals surface area (Å²) in [5.74, 6) is 2.23. The lowest BCUT2D eigenvalue weighted by Crippen LogP contribution is -2.40.